The Morgan fingerprint density at radius 2 is 1.88 bits per heavy atom. The van der Waals surface area contributed by atoms with E-state index in [-0.39, 0.29) is 25.0 Å². The van der Waals surface area contributed by atoms with Gasteiger partial charge in [0, 0.05) is 12.3 Å². The molecule has 0 radical (unpaired) electrons. The Morgan fingerprint density at radius 3 is 2.56 bits per heavy atom. The third kappa shape index (κ3) is 5.84. The van der Waals surface area contributed by atoms with Crippen LogP contribution in [-0.4, -0.2) is 58.2 Å². The molecule has 7 nitrogen and oxygen atoms in total. The van der Waals surface area contributed by atoms with E-state index in [0.717, 1.165) is 49.9 Å². The quantitative estimate of drug-likeness (QED) is 0.218. The van der Waals surface area contributed by atoms with Crippen LogP contribution >= 0.6 is 0 Å². The van der Waals surface area contributed by atoms with E-state index in [1.165, 1.54) is 37.7 Å². The number of rotatable bonds is 9. The highest BCUT2D eigenvalue weighted by Gasteiger charge is 2.61. The second-order valence-corrected chi connectivity index (χ2v) is 15.8. The molecule has 4 fully saturated rings. The van der Waals surface area contributed by atoms with Crippen molar-refractivity contribution >= 4 is 0 Å². The number of hydrogen-bond acceptors (Lipinski definition) is 7. The van der Waals surface area contributed by atoms with Gasteiger partial charge in [0.2, 0.25) is 0 Å². The van der Waals surface area contributed by atoms with Gasteiger partial charge in [-0.3, -0.25) is 0 Å². The molecule has 5 aliphatic rings. The van der Waals surface area contributed by atoms with Crippen LogP contribution in [0.3, 0.4) is 0 Å². The Morgan fingerprint density at radius 1 is 1.15 bits per heavy atom. The second-order valence-electron chi connectivity index (χ2n) is 15.8. The third-order valence-corrected chi connectivity index (χ3v) is 12.9. The molecule has 1 saturated heterocycles. The van der Waals surface area contributed by atoms with Gasteiger partial charge in [-0.15, -0.1) is 0 Å². The summed E-state index contributed by atoms with van der Waals surface area (Å²) in [6.45, 7) is 13.6. The van der Waals surface area contributed by atoms with E-state index in [2.05, 4.69) is 38.9 Å². The van der Waals surface area contributed by atoms with Crippen LogP contribution in [0.5, 0.6) is 0 Å². The summed E-state index contributed by atoms with van der Waals surface area (Å²) in [5.41, 5.74) is 1.67. The molecule has 4 unspecified atom stereocenters. The van der Waals surface area contributed by atoms with Crippen molar-refractivity contribution in [2.75, 3.05) is 6.61 Å². The molecule has 0 aromatic carbocycles. The molecule has 5 rings (SSSR count). The van der Waals surface area contributed by atoms with Crippen molar-refractivity contribution in [1.82, 2.24) is 0 Å². The number of allylic oxidation sites excluding steroid dienone is 1. The van der Waals surface area contributed by atoms with Crippen LogP contribution < -0.4 is 0 Å². The van der Waals surface area contributed by atoms with Crippen LogP contribution in [0, 0.1) is 51.2 Å². The van der Waals surface area contributed by atoms with Crippen LogP contribution in [0.15, 0.2) is 16.8 Å². The minimum Gasteiger partial charge on any atom is -0.394 e. The maximum Gasteiger partial charge on any atom is 0.186 e. The SMILES string of the molecule is C[C@H](CCCC(C)(C)O)C1CCC2C3CC=C4C(CC[C@H](O[C@@H]5O[C@H](CO)C[C@H](N=O)[C@H]5O)[C@@H]4C)[C@]3(C)CC[C@@]21C. The van der Waals surface area contributed by atoms with Crippen LogP contribution in [-0.2, 0) is 9.47 Å². The average molecular weight is 576 g/mol. The second kappa shape index (κ2) is 11.9. The summed E-state index contributed by atoms with van der Waals surface area (Å²) in [6, 6.07) is -0.817. The predicted octanol–water partition coefficient (Wildman–Crippen LogP) is 6.38. The lowest BCUT2D eigenvalue weighted by molar-refractivity contribution is -0.272. The molecule has 0 aromatic rings. The first-order valence-electron chi connectivity index (χ1n) is 16.7. The van der Waals surface area contributed by atoms with E-state index in [1.54, 1.807) is 0 Å². The summed E-state index contributed by atoms with van der Waals surface area (Å²) < 4.78 is 12.2. The number of nitroso groups, excluding NO2 is 1. The summed E-state index contributed by atoms with van der Waals surface area (Å²) in [5, 5.41) is 33.6. The van der Waals surface area contributed by atoms with E-state index in [9.17, 15) is 20.2 Å². The van der Waals surface area contributed by atoms with Gasteiger partial charge in [-0.1, -0.05) is 57.4 Å². The predicted molar refractivity (Wildman–Crippen MR) is 160 cm³/mol. The van der Waals surface area contributed by atoms with Crippen molar-refractivity contribution in [3.8, 4) is 0 Å². The Balaban J connectivity index is 1.27. The number of fused-ring (bicyclic) bond motifs is 5. The molecule has 13 atom stereocenters. The van der Waals surface area contributed by atoms with Gasteiger partial charge < -0.3 is 24.8 Å². The van der Waals surface area contributed by atoms with E-state index in [4.69, 9.17) is 9.47 Å². The van der Waals surface area contributed by atoms with Crippen LogP contribution in [0.25, 0.3) is 0 Å². The van der Waals surface area contributed by atoms with Crippen molar-refractivity contribution in [3.05, 3.63) is 16.6 Å². The monoisotopic (exact) mass is 575 g/mol. The van der Waals surface area contributed by atoms with Gasteiger partial charge >= 0.3 is 0 Å². The van der Waals surface area contributed by atoms with Gasteiger partial charge in [0.1, 0.15) is 12.1 Å². The van der Waals surface area contributed by atoms with Gasteiger partial charge in [0.05, 0.1) is 24.4 Å². The van der Waals surface area contributed by atoms with E-state index >= 15 is 0 Å². The van der Waals surface area contributed by atoms with Crippen LogP contribution in [0.1, 0.15) is 112 Å². The molecule has 3 N–H and O–H groups in total. The minimum atomic E-state index is -1.11. The van der Waals surface area contributed by atoms with Crippen molar-refractivity contribution in [1.29, 1.82) is 0 Å². The molecule has 0 spiro atoms. The highest BCUT2D eigenvalue weighted by Crippen LogP contribution is 2.69. The summed E-state index contributed by atoms with van der Waals surface area (Å²) in [6.07, 6.45) is 11.7. The summed E-state index contributed by atoms with van der Waals surface area (Å²) in [5.74, 6) is 3.77. The van der Waals surface area contributed by atoms with Crippen molar-refractivity contribution < 1.29 is 24.8 Å². The highest BCUT2D eigenvalue weighted by atomic mass is 16.7. The van der Waals surface area contributed by atoms with E-state index in [0.29, 0.717) is 22.7 Å². The maximum absolute atomic E-state index is 11.3. The molecule has 4 aliphatic carbocycles. The molecule has 7 heteroatoms. The molecule has 1 aliphatic heterocycles. The van der Waals surface area contributed by atoms with Gasteiger partial charge in [-0.25, -0.2) is 0 Å². The minimum absolute atomic E-state index is 0.0866. The lowest BCUT2D eigenvalue weighted by Gasteiger charge is -2.61. The molecule has 41 heavy (non-hydrogen) atoms. The third-order valence-electron chi connectivity index (χ3n) is 12.9. The van der Waals surface area contributed by atoms with Crippen molar-refractivity contribution in [2.24, 2.45) is 51.5 Å². The lowest BCUT2D eigenvalue weighted by Crippen LogP contribution is -2.55. The average Bonchev–Trinajstić information content (AvgIpc) is 3.27. The number of aliphatic hydroxyl groups excluding tert-OH is 2. The van der Waals surface area contributed by atoms with Crippen LogP contribution in [0.2, 0.25) is 0 Å². The largest absolute Gasteiger partial charge is 0.394 e. The van der Waals surface area contributed by atoms with E-state index in [1.807, 2.05) is 13.8 Å². The molecule has 1 heterocycles. The molecule has 3 saturated carbocycles. The maximum atomic E-state index is 11.3. The molecule has 0 amide bonds. The molecule has 0 bridgehead atoms. The fraction of sp³-hybridized carbons (Fsp3) is 0.941. The lowest BCUT2D eigenvalue weighted by atomic mass is 9.44. The number of nitrogens with zero attached hydrogens (tertiary/aromatic N) is 1. The number of ether oxygens (including phenoxy) is 2. The molecule has 234 valence electrons. The zero-order valence-electron chi connectivity index (χ0n) is 26.4. The summed E-state index contributed by atoms with van der Waals surface area (Å²) in [7, 11) is 0. The number of aliphatic hydroxyl groups is 3. The fourth-order valence-electron chi connectivity index (χ4n) is 10.6. The van der Waals surface area contributed by atoms with E-state index < -0.39 is 30.1 Å². The van der Waals surface area contributed by atoms with Crippen LogP contribution in [0.4, 0.5) is 0 Å². The highest BCUT2D eigenvalue weighted by molar-refractivity contribution is 5.25. The Kier molecular flexibility index (Phi) is 9.17. The first-order valence-corrected chi connectivity index (χ1v) is 16.7. The Bertz CT molecular complexity index is 963. The zero-order valence-corrected chi connectivity index (χ0v) is 26.4. The first-order chi connectivity index (χ1) is 19.3. The molecule has 0 aromatic heterocycles. The smallest absolute Gasteiger partial charge is 0.186 e. The zero-order chi connectivity index (χ0) is 29.7. The van der Waals surface area contributed by atoms with Crippen molar-refractivity contribution in [2.45, 2.75) is 148 Å². The standard InChI is InChI=1S/C34H57NO6/c1-20(8-7-15-32(3,4)38)24-11-12-27-26-10-9-23-21(2)29(14-13-25(23)34(26,6)17-16-33(24,27)5)41-31-30(37)28(35-39)18-22(19-36)40-31/h9,20-22,24-31,36-38H,7-8,10-19H2,1-6H3/t20-,21-,22+,24?,25?,26?,27?,28+,29+,30-,31+,33-,34+/m1/s1. The Hall–Kier alpha value is -0.860. The summed E-state index contributed by atoms with van der Waals surface area (Å²) in [4.78, 5) is 11.3. The number of hydrogen-bond donors (Lipinski definition) is 3. The van der Waals surface area contributed by atoms with Gasteiger partial charge in [-0.05, 0) is 106 Å². The van der Waals surface area contributed by atoms with Gasteiger partial charge in [0.25, 0.3) is 0 Å². The normalized spacial score (nSPS) is 47.1. The van der Waals surface area contributed by atoms with Crippen molar-refractivity contribution in [3.63, 3.8) is 0 Å². The molecular formula is C34H57NO6. The Labute approximate surface area is 247 Å². The van der Waals surface area contributed by atoms with Gasteiger partial charge in [0.15, 0.2) is 6.29 Å². The summed E-state index contributed by atoms with van der Waals surface area (Å²) >= 11 is 0. The molecular weight excluding hydrogens is 518 g/mol. The first kappa shape index (κ1) is 31.6. The fourth-order valence-corrected chi connectivity index (χ4v) is 10.6. The topological polar surface area (TPSA) is 109 Å². The van der Waals surface area contributed by atoms with Gasteiger partial charge in [-0.2, -0.15) is 4.91 Å².